The Labute approximate surface area is 196 Å². The summed E-state index contributed by atoms with van der Waals surface area (Å²) in [6, 6.07) is 12.9. The molecule has 0 spiro atoms. The number of benzene rings is 1. The van der Waals surface area contributed by atoms with Crippen LogP contribution in [0, 0.1) is 0 Å². The van der Waals surface area contributed by atoms with E-state index < -0.39 is 7.14 Å². The first-order chi connectivity index (χ1) is 16.2. The van der Waals surface area contributed by atoms with Gasteiger partial charge in [0.25, 0.3) is 11.8 Å². The van der Waals surface area contributed by atoms with Gasteiger partial charge in [0.2, 0.25) is 0 Å². The Kier molecular flexibility index (Phi) is 5.37. The minimum Gasteiger partial charge on any atom is -0.349 e. The molecular formula is C24H25N6O3P. The van der Waals surface area contributed by atoms with Crippen molar-refractivity contribution in [3.8, 4) is 0 Å². The molecule has 9 nitrogen and oxygen atoms in total. The van der Waals surface area contributed by atoms with Crippen LogP contribution < -0.4 is 15.9 Å². The van der Waals surface area contributed by atoms with Gasteiger partial charge in [-0.05, 0) is 44.0 Å². The second-order valence-corrected chi connectivity index (χ2v) is 12.2. The van der Waals surface area contributed by atoms with Gasteiger partial charge < -0.3 is 19.8 Å². The minimum absolute atomic E-state index is 0.0462. The van der Waals surface area contributed by atoms with Crippen molar-refractivity contribution in [1.82, 2.24) is 24.6 Å². The molecule has 1 aliphatic rings. The van der Waals surface area contributed by atoms with E-state index in [1.807, 2.05) is 35.8 Å². The van der Waals surface area contributed by atoms with Crippen LogP contribution in [0.15, 0.2) is 54.9 Å². The third-order valence-corrected chi connectivity index (χ3v) is 7.48. The van der Waals surface area contributed by atoms with E-state index in [0.717, 1.165) is 16.3 Å². The second-order valence-electron chi connectivity index (χ2n) is 8.97. The summed E-state index contributed by atoms with van der Waals surface area (Å²) in [5.74, 6) is -0.488. The van der Waals surface area contributed by atoms with Crippen molar-refractivity contribution >= 4 is 41.0 Å². The fourth-order valence-corrected chi connectivity index (χ4v) is 4.99. The van der Waals surface area contributed by atoms with Crippen molar-refractivity contribution in [3.63, 3.8) is 0 Å². The van der Waals surface area contributed by atoms with Gasteiger partial charge in [0.1, 0.15) is 24.2 Å². The molecule has 2 amide bonds. The molecule has 0 fully saturated rings. The molecule has 0 saturated carbocycles. The third-order valence-electron chi connectivity index (χ3n) is 5.94. The Morgan fingerprint density at radius 1 is 1.21 bits per heavy atom. The first kappa shape index (κ1) is 22.1. The number of rotatable bonds is 5. The molecule has 34 heavy (non-hydrogen) atoms. The molecule has 1 aromatic carbocycles. The molecule has 1 atom stereocenters. The summed E-state index contributed by atoms with van der Waals surface area (Å²) in [7, 11) is -2.28. The molecule has 1 aliphatic heterocycles. The SMILES string of the molecule is C[C@@H]1CNC(=O)c2cc3ccc(C(=O)Nc4cnn(Cc5ccc(P(C)(C)=O)cc5)c4)nc3n21. The number of hydrogen-bond acceptors (Lipinski definition) is 5. The number of nitrogens with one attached hydrogen (secondary N) is 2. The van der Waals surface area contributed by atoms with E-state index in [1.54, 1.807) is 48.6 Å². The van der Waals surface area contributed by atoms with Crippen molar-refractivity contribution in [2.24, 2.45) is 0 Å². The van der Waals surface area contributed by atoms with E-state index in [1.165, 1.54) is 0 Å². The van der Waals surface area contributed by atoms with Crippen LogP contribution in [0.5, 0.6) is 0 Å². The molecule has 4 heterocycles. The summed E-state index contributed by atoms with van der Waals surface area (Å²) in [4.78, 5) is 29.6. The van der Waals surface area contributed by atoms with Crippen LogP contribution in [0.25, 0.3) is 11.0 Å². The van der Waals surface area contributed by atoms with Crippen LogP contribution in [-0.4, -0.2) is 51.0 Å². The number of nitrogens with zero attached hydrogens (tertiary/aromatic N) is 4. The van der Waals surface area contributed by atoms with E-state index in [9.17, 15) is 14.2 Å². The molecular weight excluding hydrogens is 451 g/mol. The zero-order valence-corrected chi connectivity index (χ0v) is 20.0. The van der Waals surface area contributed by atoms with Crippen molar-refractivity contribution in [2.45, 2.75) is 19.5 Å². The number of carbonyl (C=O) groups is 2. The molecule has 0 bridgehead atoms. The van der Waals surface area contributed by atoms with Crippen molar-refractivity contribution in [2.75, 3.05) is 25.2 Å². The van der Waals surface area contributed by atoms with Crippen LogP contribution in [0.3, 0.4) is 0 Å². The Morgan fingerprint density at radius 2 is 1.97 bits per heavy atom. The van der Waals surface area contributed by atoms with Gasteiger partial charge in [-0.1, -0.05) is 24.3 Å². The number of pyridine rings is 1. The fraction of sp³-hybridized carbons (Fsp3) is 0.250. The molecule has 0 radical (unpaired) electrons. The van der Waals surface area contributed by atoms with Gasteiger partial charge >= 0.3 is 0 Å². The summed E-state index contributed by atoms with van der Waals surface area (Å²) < 4.78 is 15.8. The van der Waals surface area contributed by atoms with Crippen LogP contribution >= 0.6 is 7.14 Å². The number of fused-ring (bicyclic) bond motifs is 3. The molecule has 0 unspecified atom stereocenters. The Bertz CT molecular complexity index is 1460. The Morgan fingerprint density at radius 3 is 2.71 bits per heavy atom. The summed E-state index contributed by atoms with van der Waals surface area (Å²) in [6.07, 6.45) is 3.34. The molecule has 3 aromatic heterocycles. The van der Waals surface area contributed by atoms with E-state index in [-0.39, 0.29) is 23.6 Å². The van der Waals surface area contributed by atoms with Crippen LogP contribution in [-0.2, 0) is 11.1 Å². The van der Waals surface area contributed by atoms with E-state index in [2.05, 4.69) is 20.7 Å². The lowest BCUT2D eigenvalue weighted by Crippen LogP contribution is -2.37. The lowest BCUT2D eigenvalue weighted by molar-refractivity contribution is 0.0918. The molecule has 0 saturated heterocycles. The van der Waals surface area contributed by atoms with E-state index in [0.29, 0.717) is 30.1 Å². The maximum absolute atomic E-state index is 12.9. The average molecular weight is 476 g/mol. The number of hydrogen-bond donors (Lipinski definition) is 2. The van der Waals surface area contributed by atoms with Crippen molar-refractivity contribution < 1.29 is 14.2 Å². The third kappa shape index (κ3) is 4.15. The van der Waals surface area contributed by atoms with Gasteiger partial charge in [0.05, 0.1) is 24.5 Å². The zero-order chi connectivity index (χ0) is 24.0. The lowest BCUT2D eigenvalue weighted by Gasteiger charge is -2.23. The molecule has 5 rings (SSSR count). The first-order valence-electron chi connectivity index (χ1n) is 11.0. The maximum atomic E-state index is 12.9. The number of amides is 2. The monoisotopic (exact) mass is 476 g/mol. The number of carbonyl (C=O) groups excluding carboxylic acids is 2. The van der Waals surface area contributed by atoms with Gasteiger partial charge in [0.15, 0.2) is 0 Å². The van der Waals surface area contributed by atoms with Gasteiger partial charge in [-0.2, -0.15) is 5.10 Å². The van der Waals surface area contributed by atoms with Crippen molar-refractivity contribution in [1.29, 1.82) is 0 Å². The molecule has 10 heteroatoms. The molecule has 4 aromatic rings. The van der Waals surface area contributed by atoms with Gasteiger partial charge in [-0.25, -0.2) is 4.98 Å². The van der Waals surface area contributed by atoms with Crippen molar-refractivity contribution in [3.05, 3.63) is 71.8 Å². The summed E-state index contributed by atoms with van der Waals surface area (Å²) in [5, 5.41) is 11.7. The normalized spacial score (nSPS) is 15.7. The molecule has 0 aliphatic carbocycles. The summed E-state index contributed by atoms with van der Waals surface area (Å²) in [5.41, 5.74) is 3.00. The first-order valence-corrected chi connectivity index (χ1v) is 13.6. The number of anilines is 1. The predicted octanol–water partition coefficient (Wildman–Crippen LogP) is 3.09. The fourth-order valence-electron chi connectivity index (χ4n) is 4.12. The molecule has 174 valence electrons. The molecule has 2 N–H and O–H groups in total. The zero-order valence-electron chi connectivity index (χ0n) is 19.1. The largest absolute Gasteiger partial charge is 0.349 e. The lowest BCUT2D eigenvalue weighted by atomic mass is 10.2. The van der Waals surface area contributed by atoms with Crippen LogP contribution in [0.4, 0.5) is 5.69 Å². The maximum Gasteiger partial charge on any atom is 0.274 e. The highest BCUT2D eigenvalue weighted by Gasteiger charge is 2.25. The topological polar surface area (TPSA) is 111 Å². The van der Waals surface area contributed by atoms with E-state index >= 15 is 0 Å². The standard InChI is InChI=1S/C24H25N6O3P/c1-15-11-25-24(32)21-10-17-6-9-20(28-22(17)30(15)21)23(31)27-18-12-26-29(14-18)13-16-4-7-19(8-5-16)34(2,3)33/h4-10,12,14-15H,11,13H2,1-3H3,(H,25,32)(H,27,31)/t15-/m1/s1. The highest BCUT2D eigenvalue weighted by atomic mass is 31.2. The van der Waals surface area contributed by atoms with Gasteiger partial charge in [-0.3, -0.25) is 14.3 Å². The smallest absolute Gasteiger partial charge is 0.274 e. The Balaban J connectivity index is 1.32. The van der Waals surface area contributed by atoms with Gasteiger partial charge in [-0.15, -0.1) is 0 Å². The summed E-state index contributed by atoms with van der Waals surface area (Å²) >= 11 is 0. The Hall–Kier alpha value is -3.71. The van der Waals surface area contributed by atoms with Gasteiger partial charge in [0, 0.05) is 23.4 Å². The highest BCUT2D eigenvalue weighted by Crippen LogP contribution is 2.34. The van der Waals surface area contributed by atoms with Crippen LogP contribution in [0.1, 0.15) is 39.5 Å². The quantitative estimate of drug-likeness (QED) is 0.430. The number of aromatic nitrogens is 4. The predicted molar refractivity (Wildman–Crippen MR) is 132 cm³/mol. The van der Waals surface area contributed by atoms with Crippen LogP contribution in [0.2, 0.25) is 0 Å². The summed E-state index contributed by atoms with van der Waals surface area (Å²) in [6.45, 7) is 6.54. The highest BCUT2D eigenvalue weighted by molar-refractivity contribution is 7.70. The minimum atomic E-state index is -2.28. The second kappa shape index (κ2) is 8.25. The van der Waals surface area contributed by atoms with E-state index in [4.69, 9.17) is 0 Å². The average Bonchev–Trinajstić information content (AvgIpc) is 3.40.